The minimum atomic E-state index is -4.70. The van der Waals surface area contributed by atoms with Crippen LogP contribution in [0.25, 0.3) is 10.9 Å². The van der Waals surface area contributed by atoms with Crippen LogP contribution in [0.15, 0.2) is 30.3 Å². The quantitative estimate of drug-likeness (QED) is 0.223. The van der Waals surface area contributed by atoms with Crippen LogP contribution in [0.3, 0.4) is 0 Å². The molecule has 9 nitrogen and oxygen atoms in total. The summed E-state index contributed by atoms with van der Waals surface area (Å²) >= 11 is 11.8. The normalized spacial score (nSPS) is 18.0. The van der Waals surface area contributed by atoms with E-state index in [9.17, 15) is 26.1 Å². The lowest BCUT2D eigenvalue weighted by molar-refractivity contribution is -0.141. The number of hydrogen-bond donors (Lipinski definition) is 5. The lowest BCUT2D eigenvalue weighted by Crippen LogP contribution is -2.54. The predicted molar refractivity (Wildman–Crippen MR) is 127 cm³/mol. The first kappa shape index (κ1) is 25.9. The van der Waals surface area contributed by atoms with Crippen molar-refractivity contribution in [2.24, 2.45) is 5.73 Å². The van der Waals surface area contributed by atoms with Gasteiger partial charge in [0.2, 0.25) is 0 Å². The molecule has 0 bridgehead atoms. The Bertz CT molecular complexity index is 1350. The average Bonchev–Trinajstić information content (AvgIpc) is 3.10. The van der Waals surface area contributed by atoms with E-state index in [1.165, 1.54) is 6.07 Å². The van der Waals surface area contributed by atoms with E-state index in [0.29, 0.717) is 23.7 Å². The number of halogens is 5. The number of anilines is 1. The highest BCUT2D eigenvalue weighted by Gasteiger charge is 2.37. The molecule has 0 aliphatic carbocycles. The zero-order chi connectivity index (χ0) is 25.5. The van der Waals surface area contributed by atoms with Crippen LogP contribution in [0.4, 0.5) is 19.0 Å². The van der Waals surface area contributed by atoms with Crippen molar-refractivity contribution in [3.05, 3.63) is 57.3 Å². The molecule has 190 valence electrons. The summed E-state index contributed by atoms with van der Waals surface area (Å²) in [5.41, 5.74) is 7.31. The molecule has 35 heavy (non-hydrogen) atoms. The fraction of sp³-hybridized carbons (Fsp3) is 0.350. The van der Waals surface area contributed by atoms with E-state index in [-0.39, 0.29) is 18.9 Å². The highest BCUT2D eigenvalue weighted by atomic mass is 35.5. The van der Waals surface area contributed by atoms with E-state index < -0.39 is 39.4 Å². The van der Waals surface area contributed by atoms with Crippen molar-refractivity contribution in [1.82, 2.24) is 19.6 Å². The number of rotatable bonds is 7. The van der Waals surface area contributed by atoms with Crippen LogP contribution in [0, 0.1) is 0 Å². The minimum Gasteiger partial charge on any atom is -0.369 e. The lowest BCUT2D eigenvalue weighted by Gasteiger charge is -2.38. The van der Waals surface area contributed by atoms with Crippen LogP contribution in [-0.2, 0) is 22.9 Å². The highest BCUT2D eigenvalue weighted by molar-refractivity contribution is 7.83. The molecule has 1 aliphatic heterocycles. The number of hydrogen-bond acceptors (Lipinski definition) is 6. The first-order chi connectivity index (χ1) is 16.3. The van der Waals surface area contributed by atoms with Gasteiger partial charge in [0.1, 0.15) is 5.82 Å². The van der Waals surface area contributed by atoms with Gasteiger partial charge in [-0.15, -0.1) is 0 Å². The molecule has 2 aromatic heterocycles. The summed E-state index contributed by atoms with van der Waals surface area (Å²) in [5.74, 6) is -0.0170. The van der Waals surface area contributed by atoms with Crippen molar-refractivity contribution in [2.45, 2.75) is 24.8 Å². The summed E-state index contributed by atoms with van der Waals surface area (Å²) in [7, 11) is -4.60. The SMILES string of the molecule is NC(NS(=O)(=O)O)C1c2[nH]c3ccc(Cl)cc3c2CCN1CCNc1ccc(Cl)c(C(F)(F)F)n1. The molecule has 15 heteroatoms. The number of nitrogens with one attached hydrogen (secondary N) is 3. The summed E-state index contributed by atoms with van der Waals surface area (Å²) in [5, 5.41) is 3.74. The van der Waals surface area contributed by atoms with Crippen LogP contribution in [0.1, 0.15) is 23.0 Å². The Kier molecular flexibility index (Phi) is 7.21. The van der Waals surface area contributed by atoms with Crippen LogP contribution >= 0.6 is 23.2 Å². The van der Waals surface area contributed by atoms with E-state index >= 15 is 0 Å². The Morgan fingerprint density at radius 2 is 2.03 bits per heavy atom. The van der Waals surface area contributed by atoms with Crippen LogP contribution in [0.5, 0.6) is 0 Å². The summed E-state index contributed by atoms with van der Waals surface area (Å²) in [6, 6.07) is 7.04. The van der Waals surface area contributed by atoms with E-state index in [2.05, 4.69) is 15.3 Å². The van der Waals surface area contributed by atoms with Gasteiger partial charge >= 0.3 is 16.5 Å². The van der Waals surface area contributed by atoms with Crippen LogP contribution in [0.2, 0.25) is 10.0 Å². The third-order valence-corrected chi connectivity index (χ3v) is 6.79. The molecule has 0 saturated heterocycles. The number of nitrogens with two attached hydrogens (primary N) is 1. The third-order valence-electron chi connectivity index (χ3n) is 5.68. The Balaban J connectivity index is 1.58. The second kappa shape index (κ2) is 9.73. The number of pyridine rings is 1. The van der Waals surface area contributed by atoms with E-state index in [0.717, 1.165) is 22.5 Å². The summed E-state index contributed by atoms with van der Waals surface area (Å²) in [6.07, 6.45) is -5.34. The molecule has 0 fully saturated rings. The van der Waals surface area contributed by atoms with Gasteiger partial charge in [-0.25, -0.2) is 4.98 Å². The number of aromatic amines is 1. The summed E-state index contributed by atoms with van der Waals surface area (Å²) in [4.78, 5) is 8.66. The number of aromatic nitrogens is 2. The number of nitrogens with zero attached hydrogens (tertiary/aromatic N) is 2. The van der Waals surface area contributed by atoms with Gasteiger partial charge in [-0.1, -0.05) is 23.2 Å². The summed E-state index contributed by atoms with van der Waals surface area (Å²) in [6.45, 7) is 0.899. The maximum absolute atomic E-state index is 13.1. The van der Waals surface area contributed by atoms with Crippen molar-refractivity contribution in [2.75, 3.05) is 25.0 Å². The van der Waals surface area contributed by atoms with Gasteiger partial charge in [-0.3, -0.25) is 9.45 Å². The standard InChI is InChI=1S/C20H21Cl2F3N6O3S/c21-10-1-3-14-12(9-10)11-5-7-31(17(16(11)28-14)19(26)30-35(32,33)34)8-6-27-15-4-2-13(22)18(29-15)20(23,24)25/h1-4,9,17,19,28,30H,5-8,26H2,(H,27,29)(H,32,33,34). The third kappa shape index (κ3) is 5.82. The maximum Gasteiger partial charge on any atom is 0.434 e. The first-order valence-electron chi connectivity index (χ1n) is 10.4. The summed E-state index contributed by atoms with van der Waals surface area (Å²) < 4.78 is 73.4. The van der Waals surface area contributed by atoms with Crippen molar-refractivity contribution in [3.8, 4) is 0 Å². The largest absolute Gasteiger partial charge is 0.434 e. The molecular weight excluding hydrogens is 532 g/mol. The molecule has 2 unspecified atom stereocenters. The molecule has 0 spiro atoms. The number of fused-ring (bicyclic) bond motifs is 3. The minimum absolute atomic E-state index is 0.0170. The Labute approximate surface area is 208 Å². The lowest BCUT2D eigenvalue weighted by atomic mass is 9.95. The Morgan fingerprint density at radius 1 is 1.29 bits per heavy atom. The van der Waals surface area contributed by atoms with Gasteiger partial charge in [-0.05, 0) is 42.3 Å². The van der Waals surface area contributed by atoms with Gasteiger partial charge in [-0.2, -0.15) is 26.3 Å². The Hall–Kier alpha value is -2.13. The van der Waals surface area contributed by atoms with E-state index in [1.807, 2.05) is 9.62 Å². The molecule has 0 radical (unpaired) electrons. The van der Waals surface area contributed by atoms with Crippen LogP contribution < -0.4 is 15.8 Å². The molecule has 1 aliphatic rings. The molecule has 4 rings (SSSR count). The molecule has 0 saturated carbocycles. The van der Waals surface area contributed by atoms with Gasteiger partial charge in [0.05, 0.1) is 17.2 Å². The molecule has 0 amide bonds. The second-order valence-corrected chi connectivity index (χ2v) is 10.0. The van der Waals surface area contributed by atoms with Crippen molar-refractivity contribution in [1.29, 1.82) is 0 Å². The number of alkyl halides is 3. The second-order valence-electron chi connectivity index (χ2n) is 8.01. The van der Waals surface area contributed by atoms with Gasteiger partial charge in [0, 0.05) is 41.3 Å². The molecule has 1 aromatic carbocycles. The molecule has 3 aromatic rings. The zero-order valence-electron chi connectivity index (χ0n) is 17.9. The predicted octanol–water partition coefficient (Wildman–Crippen LogP) is 3.58. The van der Waals surface area contributed by atoms with Gasteiger partial charge < -0.3 is 16.0 Å². The van der Waals surface area contributed by atoms with Crippen molar-refractivity contribution in [3.63, 3.8) is 0 Å². The van der Waals surface area contributed by atoms with Crippen LogP contribution in [-0.4, -0.2) is 53.6 Å². The van der Waals surface area contributed by atoms with E-state index in [1.54, 1.807) is 18.2 Å². The first-order valence-corrected chi connectivity index (χ1v) is 12.5. The van der Waals surface area contributed by atoms with Gasteiger partial charge in [0.15, 0.2) is 5.69 Å². The monoisotopic (exact) mass is 552 g/mol. The Morgan fingerprint density at radius 3 is 2.71 bits per heavy atom. The molecule has 2 atom stereocenters. The highest BCUT2D eigenvalue weighted by Crippen LogP contribution is 2.37. The fourth-order valence-corrected chi connectivity index (χ4v) is 5.16. The molecule has 6 N–H and O–H groups in total. The smallest absolute Gasteiger partial charge is 0.369 e. The van der Waals surface area contributed by atoms with Gasteiger partial charge in [0.25, 0.3) is 0 Å². The number of H-pyrrole nitrogens is 1. The fourth-order valence-electron chi connectivity index (χ4n) is 4.30. The topological polar surface area (TPSA) is 136 Å². The molecule has 3 heterocycles. The van der Waals surface area contributed by atoms with Crippen molar-refractivity contribution >= 4 is 50.2 Å². The average molecular weight is 553 g/mol. The van der Waals surface area contributed by atoms with E-state index in [4.69, 9.17) is 28.9 Å². The maximum atomic E-state index is 13.1. The van der Waals surface area contributed by atoms with Crippen molar-refractivity contribution < 1.29 is 26.1 Å². The zero-order valence-corrected chi connectivity index (χ0v) is 20.2. The molecular formula is C20H21Cl2F3N6O3S. The number of benzene rings is 1.